The molecule has 0 atom stereocenters. The minimum Gasteiger partial charge on any atom is -0.338 e. The van der Waals surface area contributed by atoms with Gasteiger partial charge in [0.1, 0.15) is 5.82 Å². The maximum atomic E-state index is 4.34. The molecule has 5 heteroatoms. The second kappa shape index (κ2) is 6.52. The number of hydrogen-bond donors (Lipinski definition) is 1. The molecule has 19 heavy (non-hydrogen) atoms. The Hall–Kier alpha value is -1.62. The number of imidazole rings is 2. The first-order valence-electron chi connectivity index (χ1n) is 6.82. The summed E-state index contributed by atoms with van der Waals surface area (Å²) >= 11 is 0. The summed E-state index contributed by atoms with van der Waals surface area (Å²) in [6.07, 6.45) is 8.58. The number of aryl methyl sites for hydroxylation is 3. The van der Waals surface area contributed by atoms with Crippen molar-refractivity contribution in [1.29, 1.82) is 0 Å². The number of rotatable bonds is 7. The highest BCUT2D eigenvalue weighted by atomic mass is 15.1. The van der Waals surface area contributed by atoms with Gasteiger partial charge in [0.05, 0.1) is 12.0 Å². The molecule has 0 unspecified atom stereocenters. The molecule has 0 aliphatic carbocycles. The summed E-state index contributed by atoms with van der Waals surface area (Å²) in [5, 5.41) is 3.45. The maximum Gasteiger partial charge on any atom is 0.110 e. The average Bonchev–Trinajstić information content (AvgIpc) is 2.95. The standard InChI is InChI=1S/C14H23N5/c1-12(2)8-15-9-13-10-16-11-19(13)6-4-14-17-5-7-18(14)3/h5,7,10-12,15H,4,6,8-9H2,1-3H3. The monoisotopic (exact) mass is 261 g/mol. The molecule has 0 spiro atoms. The normalized spacial score (nSPS) is 11.4. The molecule has 0 radical (unpaired) electrons. The predicted molar refractivity (Wildman–Crippen MR) is 75.7 cm³/mol. The van der Waals surface area contributed by atoms with Crippen molar-refractivity contribution in [2.45, 2.75) is 33.4 Å². The van der Waals surface area contributed by atoms with Crippen LogP contribution in [-0.2, 0) is 26.6 Å². The van der Waals surface area contributed by atoms with Crippen LogP contribution in [0.4, 0.5) is 0 Å². The lowest BCUT2D eigenvalue weighted by Gasteiger charge is -2.10. The maximum absolute atomic E-state index is 4.34. The number of hydrogen-bond acceptors (Lipinski definition) is 3. The van der Waals surface area contributed by atoms with E-state index in [0.717, 1.165) is 31.9 Å². The van der Waals surface area contributed by atoms with Gasteiger partial charge in [-0.1, -0.05) is 13.8 Å². The second-order valence-electron chi connectivity index (χ2n) is 5.31. The Balaban J connectivity index is 1.87. The zero-order chi connectivity index (χ0) is 13.7. The van der Waals surface area contributed by atoms with Crippen molar-refractivity contribution in [3.63, 3.8) is 0 Å². The van der Waals surface area contributed by atoms with E-state index in [-0.39, 0.29) is 0 Å². The highest BCUT2D eigenvalue weighted by Crippen LogP contribution is 2.03. The highest BCUT2D eigenvalue weighted by molar-refractivity contribution is 4.99. The first-order valence-corrected chi connectivity index (χ1v) is 6.82. The summed E-state index contributed by atoms with van der Waals surface area (Å²) in [4.78, 5) is 8.58. The Kier molecular flexibility index (Phi) is 4.74. The minimum atomic E-state index is 0.670. The smallest absolute Gasteiger partial charge is 0.110 e. The Labute approximate surface area is 114 Å². The van der Waals surface area contributed by atoms with Crippen molar-refractivity contribution < 1.29 is 0 Å². The Morgan fingerprint density at radius 3 is 2.89 bits per heavy atom. The molecule has 0 amide bonds. The summed E-state index contributed by atoms with van der Waals surface area (Å²) in [5.41, 5.74) is 1.23. The molecular weight excluding hydrogens is 238 g/mol. The fourth-order valence-electron chi connectivity index (χ4n) is 2.04. The van der Waals surface area contributed by atoms with Crippen LogP contribution in [0.2, 0.25) is 0 Å². The molecule has 2 rings (SSSR count). The van der Waals surface area contributed by atoms with Crippen LogP contribution in [0, 0.1) is 5.92 Å². The molecule has 2 aromatic rings. The van der Waals surface area contributed by atoms with Crippen molar-refractivity contribution in [3.05, 3.63) is 36.4 Å². The molecule has 0 fully saturated rings. The Morgan fingerprint density at radius 2 is 2.21 bits per heavy atom. The van der Waals surface area contributed by atoms with Crippen LogP contribution in [-0.4, -0.2) is 25.6 Å². The molecule has 0 saturated heterocycles. The van der Waals surface area contributed by atoms with Crippen LogP contribution >= 0.6 is 0 Å². The Morgan fingerprint density at radius 1 is 1.37 bits per heavy atom. The second-order valence-corrected chi connectivity index (χ2v) is 5.31. The van der Waals surface area contributed by atoms with E-state index in [0.29, 0.717) is 5.92 Å². The van der Waals surface area contributed by atoms with Crippen molar-refractivity contribution >= 4 is 0 Å². The summed E-state index contributed by atoms with van der Waals surface area (Å²) in [6, 6.07) is 0. The van der Waals surface area contributed by atoms with Crippen LogP contribution in [0.25, 0.3) is 0 Å². The first kappa shape index (κ1) is 13.8. The molecular formula is C14H23N5. The van der Waals surface area contributed by atoms with Gasteiger partial charge in [-0.05, 0) is 12.5 Å². The van der Waals surface area contributed by atoms with Crippen molar-refractivity contribution in [2.75, 3.05) is 6.54 Å². The fraction of sp³-hybridized carbons (Fsp3) is 0.571. The van der Waals surface area contributed by atoms with Gasteiger partial charge in [-0.25, -0.2) is 9.97 Å². The van der Waals surface area contributed by atoms with Gasteiger partial charge in [0.2, 0.25) is 0 Å². The molecule has 0 aliphatic rings. The lowest BCUT2D eigenvalue weighted by atomic mass is 10.2. The molecule has 1 N–H and O–H groups in total. The minimum absolute atomic E-state index is 0.670. The first-order chi connectivity index (χ1) is 9.16. The van der Waals surface area contributed by atoms with Gasteiger partial charge in [0.15, 0.2) is 0 Å². The van der Waals surface area contributed by atoms with Crippen LogP contribution in [0.3, 0.4) is 0 Å². The van der Waals surface area contributed by atoms with Crippen LogP contribution in [0.1, 0.15) is 25.4 Å². The molecule has 104 valence electrons. The third-order valence-corrected chi connectivity index (χ3v) is 3.15. The van der Waals surface area contributed by atoms with Crippen molar-refractivity contribution in [2.24, 2.45) is 13.0 Å². The number of aromatic nitrogens is 4. The topological polar surface area (TPSA) is 47.7 Å². The summed E-state index contributed by atoms with van der Waals surface area (Å²) in [5.74, 6) is 1.78. The van der Waals surface area contributed by atoms with Crippen LogP contribution in [0.5, 0.6) is 0 Å². The van der Waals surface area contributed by atoms with Crippen molar-refractivity contribution in [1.82, 2.24) is 24.4 Å². The van der Waals surface area contributed by atoms with Crippen molar-refractivity contribution in [3.8, 4) is 0 Å². The zero-order valence-corrected chi connectivity index (χ0v) is 12.0. The molecule has 2 heterocycles. The van der Waals surface area contributed by atoms with E-state index in [9.17, 15) is 0 Å². The third-order valence-electron chi connectivity index (χ3n) is 3.15. The van der Waals surface area contributed by atoms with Gasteiger partial charge in [-0.15, -0.1) is 0 Å². The molecule has 2 aromatic heterocycles. The molecule has 0 saturated carbocycles. The predicted octanol–water partition coefficient (Wildman–Crippen LogP) is 1.60. The molecule has 0 aliphatic heterocycles. The lowest BCUT2D eigenvalue weighted by Crippen LogP contribution is -2.21. The van der Waals surface area contributed by atoms with E-state index >= 15 is 0 Å². The van der Waals surface area contributed by atoms with Gasteiger partial charge >= 0.3 is 0 Å². The fourth-order valence-corrected chi connectivity index (χ4v) is 2.04. The van der Waals surface area contributed by atoms with E-state index in [1.807, 2.05) is 32.0 Å². The van der Waals surface area contributed by atoms with Gasteiger partial charge in [0.25, 0.3) is 0 Å². The average molecular weight is 261 g/mol. The number of nitrogens with one attached hydrogen (secondary N) is 1. The van der Waals surface area contributed by atoms with Crippen LogP contribution in [0.15, 0.2) is 24.9 Å². The quantitative estimate of drug-likeness (QED) is 0.823. The largest absolute Gasteiger partial charge is 0.338 e. The van der Waals surface area contributed by atoms with Gasteiger partial charge in [-0.2, -0.15) is 0 Å². The third kappa shape index (κ3) is 3.92. The van der Waals surface area contributed by atoms with Gasteiger partial charge in [0, 0.05) is 45.1 Å². The lowest BCUT2D eigenvalue weighted by molar-refractivity contribution is 0.531. The summed E-state index contributed by atoms with van der Waals surface area (Å²) in [6.45, 7) is 7.25. The molecule has 0 aromatic carbocycles. The van der Waals surface area contributed by atoms with E-state index < -0.39 is 0 Å². The summed E-state index contributed by atoms with van der Waals surface area (Å²) in [7, 11) is 2.03. The van der Waals surface area contributed by atoms with E-state index in [2.05, 4.69) is 38.3 Å². The van der Waals surface area contributed by atoms with E-state index in [1.165, 1.54) is 5.69 Å². The zero-order valence-electron chi connectivity index (χ0n) is 12.0. The van der Waals surface area contributed by atoms with Gasteiger partial charge in [-0.3, -0.25) is 0 Å². The number of nitrogens with zero attached hydrogens (tertiary/aromatic N) is 4. The highest BCUT2D eigenvalue weighted by Gasteiger charge is 2.04. The van der Waals surface area contributed by atoms with E-state index in [4.69, 9.17) is 0 Å². The van der Waals surface area contributed by atoms with Crippen LogP contribution < -0.4 is 5.32 Å². The van der Waals surface area contributed by atoms with E-state index in [1.54, 1.807) is 0 Å². The Bertz CT molecular complexity index is 497. The molecule has 0 bridgehead atoms. The van der Waals surface area contributed by atoms with Gasteiger partial charge < -0.3 is 14.5 Å². The SMILES string of the molecule is CC(C)CNCc1cncn1CCc1nccn1C. The summed E-state index contributed by atoms with van der Waals surface area (Å²) < 4.78 is 4.26. The molecule has 5 nitrogen and oxygen atoms in total.